The van der Waals surface area contributed by atoms with Crippen molar-refractivity contribution < 1.29 is 24.6 Å². The van der Waals surface area contributed by atoms with Crippen molar-refractivity contribution in [3.63, 3.8) is 0 Å². The lowest BCUT2D eigenvalue weighted by Crippen LogP contribution is -2.70. The smallest absolute Gasteiger partial charge is 0.352 e. The molecule has 24 heavy (non-hydrogen) atoms. The quantitative estimate of drug-likeness (QED) is 0.483. The molecular weight excluding hydrogens is 356 g/mol. The number of hydrogen-bond acceptors (Lipinski definition) is 8. The zero-order valence-corrected chi connectivity index (χ0v) is 13.9. The lowest BCUT2D eigenvalue weighted by Gasteiger charge is -2.49. The Labute approximate surface area is 144 Å². The van der Waals surface area contributed by atoms with Crippen LogP contribution in [0.15, 0.2) is 16.7 Å². The van der Waals surface area contributed by atoms with E-state index in [0.29, 0.717) is 22.2 Å². The predicted molar refractivity (Wildman–Crippen MR) is 87.0 cm³/mol. The van der Waals surface area contributed by atoms with Crippen molar-refractivity contribution in [3.05, 3.63) is 22.3 Å². The predicted octanol–water partition coefficient (Wildman–Crippen LogP) is -1.00. The van der Waals surface area contributed by atoms with Crippen LogP contribution in [0.5, 0.6) is 0 Å². The second kappa shape index (κ2) is 6.42. The first-order valence-electron chi connectivity index (χ1n) is 6.92. The second-order valence-electron chi connectivity index (χ2n) is 5.22. The molecule has 2 aliphatic rings. The van der Waals surface area contributed by atoms with Crippen molar-refractivity contribution in [3.8, 4) is 0 Å². The molecule has 0 saturated carbocycles. The highest BCUT2D eigenvalue weighted by atomic mass is 32.2. The number of carbonyl (C=O) groups excluding carboxylic acids is 2. The van der Waals surface area contributed by atoms with Gasteiger partial charge in [0.25, 0.3) is 5.91 Å². The fourth-order valence-corrected chi connectivity index (χ4v) is 4.50. The third-order valence-electron chi connectivity index (χ3n) is 3.67. The van der Waals surface area contributed by atoms with Gasteiger partial charge in [0.1, 0.15) is 17.1 Å². The maximum absolute atomic E-state index is 12.2. The summed E-state index contributed by atoms with van der Waals surface area (Å²) < 4.78 is 0. The summed E-state index contributed by atoms with van der Waals surface area (Å²) in [5, 5.41) is 22.7. The molecule has 1 saturated heterocycles. The zero-order chi connectivity index (χ0) is 17.4. The maximum atomic E-state index is 12.2. The molecule has 0 aliphatic carbocycles. The van der Waals surface area contributed by atoms with Gasteiger partial charge in [0.05, 0.1) is 18.7 Å². The van der Waals surface area contributed by atoms with Crippen LogP contribution in [0.2, 0.25) is 0 Å². The molecule has 0 radical (unpaired) electrons. The van der Waals surface area contributed by atoms with Crippen LogP contribution in [0.4, 0.5) is 5.13 Å². The van der Waals surface area contributed by atoms with E-state index in [1.54, 1.807) is 5.38 Å². The fraction of sp³-hybridized carbons (Fsp3) is 0.385. The van der Waals surface area contributed by atoms with Gasteiger partial charge in [-0.25, -0.2) is 9.78 Å². The van der Waals surface area contributed by atoms with Gasteiger partial charge in [-0.05, 0) is 5.57 Å². The molecule has 3 heterocycles. The maximum Gasteiger partial charge on any atom is 0.352 e. The first-order valence-corrected chi connectivity index (χ1v) is 8.85. The number of carbonyl (C=O) groups is 3. The van der Waals surface area contributed by atoms with Gasteiger partial charge in [-0.15, -0.1) is 23.1 Å². The summed E-state index contributed by atoms with van der Waals surface area (Å²) in [6.45, 7) is -0.423. The number of rotatable bonds is 5. The number of carboxylic acids is 1. The average molecular weight is 370 g/mol. The number of thioether (sulfide) groups is 1. The molecule has 128 valence electrons. The van der Waals surface area contributed by atoms with Crippen LogP contribution in [0, 0.1) is 0 Å². The summed E-state index contributed by atoms with van der Waals surface area (Å²) in [7, 11) is 0. The van der Waals surface area contributed by atoms with E-state index >= 15 is 0 Å². The van der Waals surface area contributed by atoms with Crippen molar-refractivity contribution in [2.24, 2.45) is 0 Å². The molecule has 11 heteroatoms. The summed E-state index contributed by atoms with van der Waals surface area (Å²) in [6, 6.07) is -0.784. The van der Waals surface area contributed by atoms with Crippen molar-refractivity contribution in [2.45, 2.75) is 17.8 Å². The number of aliphatic hydroxyl groups is 1. The minimum Gasteiger partial charge on any atom is -0.477 e. The van der Waals surface area contributed by atoms with Crippen LogP contribution < -0.4 is 11.1 Å². The Hall–Kier alpha value is -2.11. The Morgan fingerprint density at radius 2 is 2.25 bits per heavy atom. The third kappa shape index (κ3) is 2.85. The lowest BCUT2D eigenvalue weighted by atomic mass is 10.0. The number of nitrogens with one attached hydrogen (secondary N) is 1. The third-order valence-corrected chi connectivity index (χ3v) is 5.73. The van der Waals surface area contributed by atoms with Crippen LogP contribution in [0.3, 0.4) is 0 Å². The molecular formula is C13H14N4O5S2. The van der Waals surface area contributed by atoms with Gasteiger partial charge < -0.3 is 21.3 Å². The van der Waals surface area contributed by atoms with Crippen LogP contribution in [-0.2, 0) is 20.8 Å². The summed E-state index contributed by atoms with van der Waals surface area (Å²) in [5.41, 5.74) is 6.12. The summed E-state index contributed by atoms with van der Waals surface area (Å²) in [4.78, 5) is 40.7. The van der Waals surface area contributed by atoms with E-state index in [-0.39, 0.29) is 18.0 Å². The topological polar surface area (TPSA) is 146 Å². The number of thiazole rings is 1. The van der Waals surface area contributed by atoms with Crippen molar-refractivity contribution >= 4 is 46.0 Å². The molecule has 2 atom stereocenters. The number of aromatic nitrogens is 1. The molecule has 5 N–H and O–H groups in total. The highest BCUT2D eigenvalue weighted by molar-refractivity contribution is 8.00. The number of nitrogens with zero attached hydrogens (tertiary/aromatic N) is 2. The second-order valence-corrected chi connectivity index (χ2v) is 7.22. The first-order chi connectivity index (χ1) is 11.4. The lowest BCUT2D eigenvalue weighted by molar-refractivity contribution is -0.150. The number of nitrogens with two attached hydrogens (primary N) is 1. The van der Waals surface area contributed by atoms with Crippen molar-refractivity contribution in [2.75, 3.05) is 18.1 Å². The molecule has 0 spiro atoms. The minimum atomic E-state index is -1.26. The highest BCUT2D eigenvalue weighted by Gasteiger charge is 2.54. The number of carboxylic acid groups (broad SMARTS) is 1. The van der Waals surface area contributed by atoms with E-state index in [4.69, 9.17) is 5.73 Å². The van der Waals surface area contributed by atoms with Gasteiger partial charge in [0.2, 0.25) is 5.91 Å². The Kier molecular flexibility index (Phi) is 4.47. The number of aliphatic hydroxyl groups excluding tert-OH is 1. The van der Waals surface area contributed by atoms with E-state index in [1.165, 1.54) is 23.1 Å². The van der Waals surface area contributed by atoms with E-state index in [0.717, 1.165) is 4.90 Å². The van der Waals surface area contributed by atoms with E-state index in [9.17, 15) is 24.6 Å². The number of aliphatic carboxylic acids is 1. The number of amides is 2. The monoisotopic (exact) mass is 370 g/mol. The summed E-state index contributed by atoms with van der Waals surface area (Å²) >= 11 is 2.53. The average Bonchev–Trinajstić information content (AvgIpc) is 2.95. The molecule has 0 aromatic carbocycles. The van der Waals surface area contributed by atoms with E-state index in [1.807, 2.05) is 0 Å². The molecule has 0 bridgehead atoms. The largest absolute Gasteiger partial charge is 0.477 e. The molecule has 9 nitrogen and oxygen atoms in total. The molecule has 1 aromatic heterocycles. The Bertz CT molecular complexity index is 746. The first kappa shape index (κ1) is 16.7. The van der Waals surface area contributed by atoms with Crippen LogP contribution >= 0.6 is 23.1 Å². The van der Waals surface area contributed by atoms with Gasteiger partial charge >= 0.3 is 5.97 Å². The molecule has 3 rings (SSSR count). The SMILES string of the molecule is Nc1nc(CC(=O)N[C@H]2C(=O)N3C(C(=O)O)=C(CO)CS[C@@H]23)cs1. The molecule has 1 fully saturated rings. The van der Waals surface area contributed by atoms with Gasteiger partial charge in [0.15, 0.2) is 5.13 Å². The normalized spacial score (nSPS) is 22.9. The Morgan fingerprint density at radius 1 is 1.50 bits per heavy atom. The van der Waals surface area contributed by atoms with Gasteiger partial charge in [-0.3, -0.25) is 14.5 Å². The minimum absolute atomic E-state index is 0.00160. The number of β-lactam (4-membered cyclic amide) rings is 1. The Morgan fingerprint density at radius 3 is 2.83 bits per heavy atom. The molecule has 1 aromatic rings. The van der Waals surface area contributed by atoms with Crippen LogP contribution in [0.1, 0.15) is 5.69 Å². The number of nitrogen functional groups attached to an aromatic ring is 1. The fourth-order valence-electron chi connectivity index (χ4n) is 2.60. The summed E-state index contributed by atoms with van der Waals surface area (Å²) in [6.07, 6.45) is -0.00160. The zero-order valence-electron chi connectivity index (χ0n) is 12.3. The van der Waals surface area contributed by atoms with Gasteiger partial charge in [-0.1, -0.05) is 0 Å². The van der Waals surface area contributed by atoms with E-state index in [2.05, 4.69) is 10.3 Å². The highest BCUT2D eigenvalue weighted by Crippen LogP contribution is 2.40. The number of hydrogen-bond donors (Lipinski definition) is 4. The van der Waals surface area contributed by atoms with Crippen LogP contribution in [0.25, 0.3) is 0 Å². The molecule has 2 aliphatic heterocycles. The van der Waals surface area contributed by atoms with Gasteiger partial charge in [-0.2, -0.15) is 0 Å². The standard InChI is InChI=1S/C13H14N4O5S2/c14-13-15-6(4-24-13)1-7(19)16-8-10(20)17-9(12(21)22)5(2-18)3-23-11(8)17/h4,8,11,18H,1-3H2,(H2,14,15)(H,16,19)(H,21,22)/t8-,11-/m0/s1. The van der Waals surface area contributed by atoms with E-state index < -0.39 is 29.9 Å². The number of fused-ring (bicyclic) bond motifs is 1. The van der Waals surface area contributed by atoms with Crippen LogP contribution in [-0.4, -0.2) is 61.7 Å². The number of anilines is 1. The molecule has 0 unspecified atom stereocenters. The van der Waals surface area contributed by atoms with Crippen molar-refractivity contribution in [1.82, 2.24) is 15.2 Å². The van der Waals surface area contributed by atoms with Crippen molar-refractivity contribution in [1.29, 1.82) is 0 Å². The van der Waals surface area contributed by atoms with Gasteiger partial charge in [0, 0.05) is 11.1 Å². The molecule has 2 amide bonds. The Balaban J connectivity index is 1.68. The summed E-state index contributed by atoms with van der Waals surface area (Å²) in [5.74, 6) is -1.85.